The van der Waals surface area contributed by atoms with E-state index >= 15 is 0 Å². The fraction of sp³-hybridized carbons (Fsp3) is 0.429. The number of hydrogen-bond acceptors (Lipinski definition) is 4. The van der Waals surface area contributed by atoms with Crippen molar-refractivity contribution in [3.05, 3.63) is 29.8 Å². The van der Waals surface area contributed by atoms with Crippen LogP contribution in [-0.4, -0.2) is 49.8 Å². The number of morpholine rings is 1. The standard InChI is InChI=1S/C14H18N2O4/c1-10-9-16(7-8-20-10)14(18)15-12-5-3-11(4-6-12)13(17)19-2/h3-6,10H,7-9H2,1-2H3,(H,15,18)/t10-/m1/s1. The molecule has 6 heteroatoms. The summed E-state index contributed by atoms with van der Waals surface area (Å²) in [6.07, 6.45) is 0.0520. The average molecular weight is 278 g/mol. The lowest BCUT2D eigenvalue weighted by atomic mass is 10.2. The topological polar surface area (TPSA) is 67.9 Å². The van der Waals surface area contributed by atoms with E-state index in [1.807, 2.05) is 6.92 Å². The number of methoxy groups -OCH3 is 1. The molecule has 20 heavy (non-hydrogen) atoms. The summed E-state index contributed by atoms with van der Waals surface area (Å²) in [5, 5.41) is 2.80. The van der Waals surface area contributed by atoms with Crippen LogP contribution in [0.25, 0.3) is 0 Å². The van der Waals surface area contributed by atoms with E-state index in [4.69, 9.17) is 4.74 Å². The van der Waals surface area contributed by atoms with Crippen molar-refractivity contribution in [3.8, 4) is 0 Å². The number of nitrogens with zero attached hydrogens (tertiary/aromatic N) is 1. The second-order valence-electron chi connectivity index (χ2n) is 4.63. The number of urea groups is 1. The highest BCUT2D eigenvalue weighted by molar-refractivity contribution is 5.92. The van der Waals surface area contributed by atoms with Crippen LogP contribution < -0.4 is 5.32 Å². The molecule has 1 aliphatic rings. The molecule has 6 nitrogen and oxygen atoms in total. The summed E-state index contributed by atoms with van der Waals surface area (Å²) in [5.41, 5.74) is 1.09. The van der Waals surface area contributed by atoms with Crippen LogP contribution in [0, 0.1) is 0 Å². The van der Waals surface area contributed by atoms with Gasteiger partial charge < -0.3 is 19.7 Å². The van der Waals surface area contributed by atoms with Gasteiger partial charge in [0.25, 0.3) is 0 Å². The van der Waals surface area contributed by atoms with Gasteiger partial charge in [0, 0.05) is 18.8 Å². The van der Waals surface area contributed by atoms with E-state index in [9.17, 15) is 9.59 Å². The SMILES string of the molecule is COC(=O)c1ccc(NC(=O)N2CCO[C@H](C)C2)cc1. The molecule has 0 bridgehead atoms. The Morgan fingerprint density at radius 2 is 2.05 bits per heavy atom. The van der Waals surface area contributed by atoms with E-state index in [1.54, 1.807) is 29.2 Å². The molecule has 1 aromatic rings. The maximum atomic E-state index is 12.1. The van der Waals surface area contributed by atoms with Crippen molar-refractivity contribution >= 4 is 17.7 Å². The first-order chi connectivity index (χ1) is 9.60. The minimum absolute atomic E-state index is 0.0520. The molecule has 1 heterocycles. The second-order valence-corrected chi connectivity index (χ2v) is 4.63. The van der Waals surface area contributed by atoms with Gasteiger partial charge in [-0.2, -0.15) is 0 Å². The molecule has 1 N–H and O–H groups in total. The Hall–Kier alpha value is -2.08. The maximum absolute atomic E-state index is 12.1. The highest BCUT2D eigenvalue weighted by Gasteiger charge is 2.21. The Kier molecular flexibility index (Phi) is 4.57. The molecule has 108 valence electrons. The molecule has 1 saturated heterocycles. The van der Waals surface area contributed by atoms with Crippen LogP contribution in [0.4, 0.5) is 10.5 Å². The summed E-state index contributed by atoms with van der Waals surface area (Å²) >= 11 is 0. The predicted molar refractivity (Wildman–Crippen MR) is 73.8 cm³/mol. The third-order valence-electron chi connectivity index (χ3n) is 3.09. The molecule has 1 aromatic carbocycles. The monoisotopic (exact) mass is 278 g/mol. The van der Waals surface area contributed by atoms with Crippen LogP contribution in [0.1, 0.15) is 17.3 Å². The number of benzene rings is 1. The van der Waals surface area contributed by atoms with Crippen molar-refractivity contribution in [2.24, 2.45) is 0 Å². The zero-order valence-electron chi connectivity index (χ0n) is 11.6. The number of amides is 2. The number of ether oxygens (including phenoxy) is 2. The number of carbonyl (C=O) groups excluding carboxylic acids is 2. The van der Waals surface area contributed by atoms with E-state index in [-0.39, 0.29) is 12.1 Å². The molecule has 2 amide bonds. The number of esters is 1. The minimum Gasteiger partial charge on any atom is -0.465 e. The quantitative estimate of drug-likeness (QED) is 0.836. The van der Waals surface area contributed by atoms with Gasteiger partial charge in [0.1, 0.15) is 0 Å². The zero-order chi connectivity index (χ0) is 14.5. The molecule has 0 saturated carbocycles. The van der Waals surface area contributed by atoms with Crippen molar-refractivity contribution < 1.29 is 19.1 Å². The average Bonchev–Trinajstić information content (AvgIpc) is 2.47. The second kappa shape index (κ2) is 6.38. The van der Waals surface area contributed by atoms with Gasteiger partial charge in [0.2, 0.25) is 0 Å². The van der Waals surface area contributed by atoms with E-state index in [0.29, 0.717) is 30.9 Å². The number of anilines is 1. The van der Waals surface area contributed by atoms with Crippen molar-refractivity contribution in [2.75, 3.05) is 32.1 Å². The van der Waals surface area contributed by atoms with Gasteiger partial charge in [-0.3, -0.25) is 0 Å². The Labute approximate surface area is 117 Å². The van der Waals surface area contributed by atoms with Crippen LogP contribution >= 0.6 is 0 Å². The fourth-order valence-corrected chi connectivity index (χ4v) is 2.01. The van der Waals surface area contributed by atoms with Crippen LogP contribution in [0.15, 0.2) is 24.3 Å². The lowest BCUT2D eigenvalue weighted by Gasteiger charge is -2.31. The first-order valence-corrected chi connectivity index (χ1v) is 6.46. The largest absolute Gasteiger partial charge is 0.465 e. The summed E-state index contributed by atoms with van der Waals surface area (Å²) in [4.78, 5) is 25.1. The van der Waals surface area contributed by atoms with Crippen molar-refractivity contribution in [3.63, 3.8) is 0 Å². The van der Waals surface area contributed by atoms with Crippen LogP contribution in [0.5, 0.6) is 0 Å². The number of carbonyl (C=O) groups is 2. The highest BCUT2D eigenvalue weighted by atomic mass is 16.5. The van der Waals surface area contributed by atoms with E-state index in [0.717, 1.165) is 0 Å². The van der Waals surface area contributed by atoms with Gasteiger partial charge in [0.15, 0.2) is 0 Å². The lowest BCUT2D eigenvalue weighted by molar-refractivity contribution is -0.00138. The van der Waals surface area contributed by atoms with Crippen LogP contribution in [0.2, 0.25) is 0 Å². The number of rotatable bonds is 2. The summed E-state index contributed by atoms with van der Waals surface area (Å²) in [7, 11) is 1.33. The molecule has 0 aliphatic carbocycles. The summed E-state index contributed by atoms with van der Waals surface area (Å²) in [6, 6.07) is 6.42. The normalized spacial score (nSPS) is 18.5. The Bertz CT molecular complexity index is 486. The van der Waals surface area contributed by atoms with Gasteiger partial charge in [-0.1, -0.05) is 0 Å². The molecular weight excluding hydrogens is 260 g/mol. The van der Waals surface area contributed by atoms with E-state index < -0.39 is 5.97 Å². The van der Waals surface area contributed by atoms with E-state index in [2.05, 4.69) is 10.1 Å². The van der Waals surface area contributed by atoms with Crippen LogP contribution in [0.3, 0.4) is 0 Å². The van der Waals surface area contributed by atoms with Crippen molar-refractivity contribution in [1.82, 2.24) is 4.90 Å². The van der Waals surface area contributed by atoms with Crippen LogP contribution in [-0.2, 0) is 9.47 Å². The van der Waals surface area contributed by atoms with Gasteiger partial charge in [-0.05, 0) is 31.2 Å². The summed E-state index contributed by atoms with van der Waals surface area (Å²) in [5.74, 6) is -0.398. The van der Waals surface area contributed by atoms with Gasteiger partial charge in [0.05, 0.1) is 25.4 Å². The third-order valence-corrected chi connectivity index (χ3v) is 3.09. The number of hydrogen-bond donors (Lipinski definition) is 1. The molecule has 1 fully saturated rings. The molecule has 1 aliphatic heterocycles. The zero-order valence-corrected chi connectivity index (χ0v) is 11.6. The van der Waals surface area contributed by atoms with E-state index in [1.165, 1.54) is 7.11 Å². The Morgan fingerprint density at radius 3 is 2.65 bits per heavy atom. The molecule has 0 spiro atoms. The predicted octanol–water partition coefficient (Wildman–Crippen LogP) is 1.73. The van der Waals surface area contributed by atoms with Gasteiger partial charge in [-0.25, -0.2) is 9.59 Å². The number of nitrogens with one attached hydrogen (secondary N) is 1. The molecule has 2 rings (SSSR count). The molecular formula is C14H18N2O4. The van der Waals surface area contributed by atoms with Gasteiger partial charge in [-0.15, -0.1) is 0 Å². The maximum Gasteiger partial charge on any atom is 0.337 e. The first-order valence-electron chi connectivity index (χ1n) is 6.46. The summed E-state index contributed by atoms with van der Waals surface area (Å²) < 4.78 is 10.0. The smallest absolute Gasteiger partial charge is 0.337 e. The van der Waals surface area contributed by atoms with Gasteiger partial charge >= 0.3 is 12.0 Å². The Morgan fingerprint density at radius 1 is 1.35 bits per heavy atom. The molecule has 0 aromatic heterocycles. The van der Waals surface area contributed by atoms with Crippen molar-refractivity contribution in [1.29, 1.82) is 0 Å². The first kappa shape index (κ1) is 14.3. The Balaban J connectivity index is 1.95. The lowest BCUT2D eigenvalue weighted by Crippen LogP contribution is -2.46. The molecule has 0 radical (unpaired) electrons. The highest BCUT2D eigenvalue weighted by Crippen LogP contribution is 2.12. The summed E-state index contributed by atoms with van der Waals surface area (Å²) in [6.45, 7) is 3.64. The molecule has 1 atom stereocenters. The van der Waals surface area contributed by atoms with Crippen molar-refractivity contribution in [2.45, 2.75) is 13.0 Å². The third kappa shape index (κ3) is 3.48. The fourth-order valence-electron chi connectivity index (χ4n) is 2.01. The molecule has 0 unspecified atom stereocenters. The minimum atomic E-state index is -0.398.